The van der Waals surface area contributed by atoms with E-state index in [-0.39, 0.29) is 34.7 Å². The molecule has 0 spiro atoms. The molecule has 10 heteroatoms. The number of carbonyl (C=O) groups excluding carboxylic acids is 1. The minimum atomic E-state index is -4.61. The molecule has 0 aliphatic carbocycles. The molecule has 2 heterocycles. The van der Waals surface area contributed by atoms with Gasteiger partial charge in [-0.3, -0.25) is 4.79 Å². The van der Waals surface area contributed by atoms with Crippen molar-refractivity contribution in [3.8, 4) is 11.5 Å². The maximum absolute atomic E-state index is 13.2. The van der Waals surface area contributed by atoms with Crippen molar-refractivity contribution in [2.45, 2.75) is 22.6 Å². The van der Waals surface area contributed by atoms with Gasteiger partial charge in [0.15, 0.2) is 10.9 Å². The summed E-state index contributed by atoms with van der Waals surface area (Å²) >= 11 is 2.49. The number of nitrogens with one attached hydrogen (secondary N) is 1. The van der Waals surface area contributed by atoms with Gasteiger partial charge < -0.3 is 9.73 Å². The summed E-state index contributed by atoms with van der Waals surface area (Å²) in [5.41, 5.74) is -0.316. The van der Waals surface area contributed by atoms with Gasteiger partial charge in [0.2, 0.25) is 5.91 Å². The Morgan fingerprint density at radius 3 is 2.66 bits per heavy atom. The van der Waals surface area contributed by atoms with Crippen LogP contribution in [0.3, 0.4) is 0 Å². The first-order valence-corrected chi connectivity index (χ1v) is 10.6. The highest BCUT2D eigenvalue weighted by molar-refractivity contribution is 7.99. The third kappa shape index (κ3) is 5.77. The van der Waals surface area contributed by atoms with Gasteiger partial charge >= 0.3 is 6.18 Å². The number of anilines is 1. The van der Waals surface area contributed by atoms with Gasteiger partial charge in [-0.25, -0.2) is 9.97 Å². The molecule has 0 saturated carbocycles. The van der Waals surface area contributed by atoms with Crippen molar-refractivity contribution >= 4 is 35.1 Å². The fourth-order valence-electron chi connectivity index (χ4n) is 2.38. The zero-order valence-electron chi connectivity index (χ0n) is 15.2. The maximum atomic E-state index is 13.2. The molecule has 0 atom stereocenters. The van der Waals surface area contributed by atoms with Crippen LogP contribution in [0.1, 0.15) is 12.1 Å². The van der Waals surface area contributed by atoms with Gasteiger partial charge in [-0.15, -0.1) is 11.8 Å². The monoisotopic (exact) mass is 439 g/mol. The summed E-state index contributed by atoms with van der Waals surface area (Å²) < 4.78 is 44.6. The number of furan rings is 1. The maximum Gasteiger partial charge on any atom is 0.433 e. The van der Waals surface area contributed by atoms with Gasteiger partial charge in [0.1, 0.15) is 11.4 Å². The molecule has 0 radical (unpaired) electrons. The zero-order chi connectivity index (χ0) is 20.9. The first-order chi connectivity index (χ1) is 13.9. The average molecular weight is 439 g/mol. The second-order valence-electron chi connectivity index (χ2n) is 5.74. The van der Waals surface area contributed by atoms with E-state index in [0.29, 0.717) is 5.69 Å². The minimum absolute atomic E-state index is 0.0400. The lowest BCUT2D eigenvalue weighted by atomic mass is 10.2. The number of thioether (sulfide) groups is 2. The fourth-order valence-corrected chi connectivity index (χ4v) is 3.73. The number of halogens is 3. The number of hydrogen-bond acceptors (Lipinski definition) is 6. The molecule has 0 aliphatic rings. The van der Waals surface area contributed by atoms with Gasteiger partial charge in [0, 0.05) is 17.1 Å². The normalized spacial score (nSPS) is 11.4. The van der Waals surface area contributed by atoms with Crippen molar-refractivity contribution in [1.82, 2.24) is 9.97 Å². The molecule has 1 aromatic carbocycles. The summed E-state index contributed by atoms with van der Waals surface area (Å²) in [6, 6.07) is 11.3. The van der Waals surface area contributed by atoms with Crippen LogP contribution >= 0.6 is 23.5 Å². The molecule has 0 unspecified atom stereocenters. The number of para-hydroxylation sites is 1. The van der Waals surface area contributed by atoms with Crippen LogP contribution in [-0.2, 0) is 11.0 Å². The van der Waals surface area contributed by atoms with Gasteiger partial charge in [0.25, 0.3) is 0 Å². The summed E-state index contributed by atoms with van der Waals surface area (Å²) in [6.07, 6.45) is -1.25. The van der Waals surface area contributed by atoms with Crippen molar-refractivity contribution in [1.29, 1.82) is 0 Å². The Kier molecular flexibility index (Phi) is 6.86. The highest BCUT2D eigenvalue weighted by Crippen LogP contribution is 2.32. The molecular formula is C19H16F3N3O2S2. The van der Waals surface area contributed by atoms with E-state index in [4.69, 9.17) is 4.42 Å². The van der Waals surface area contributed by atoms with Gasteiger partial charge in [-0.05, 0) is 36.6 Å². The van der Waals surface area contributed by atoms with E-state index in [1.807, 2.05) is 24.5 Å². The number of carbonyl (C=O) groups is 1. The van der Waals surface area contributed by atoms with E-state index >= 15 is 0 Å². The largest absolute Gasteiger partial charge is 0.463 e. The first kappa shape index (κ1) is 21.3. The smallest absolute Gasteiger partial charge is 0.433 e. The predicted octanol–water partition coefficient (Wildman–Crippen LogP) is 5.60. The molecule has 5 nitrogen and oxygen atoms in total. The van der Waals surface area contributed by atoms with Crippen molar-refractivity contribution in [2.75, 3.05) is 17.3 Å². The van der Waals surface area contributed by atoms with Crippen LogP contribution in [0, 0.1) is 0 Å². The zero-order valence-corrected chi connectivity index (χ0v) is 16.8. The number of rotatable bonds is 7. The standard InChI is InChI=1S/C19H16F3N3O2S2/c1-28-15-7-3-2-5-12(15)23-17(26)8-10-29-18-24-13(14-6-4-9-27-14)11-16(25-18)19(20,21)22/h2-7,9,11H,8,10H2,1H3,(H,23,26). The molecule has 0 bridgehead atoms. The highest BCUT2D eigenvalue weighted by Gasteiger charge is 2.34. The topological polar surface area (TPSA) is 68.0 Å². The molecule has 0 saturated heterocycles. The molecule has 1 amide bonds. The molecular weight excluding hydrogens is 423 g/mol. The van der Waals surface area contributed by atoms with E-state index < -0.39 is 11.9 Å². The summed E-state index contributed by atoms with van der Waals surface area (Å²) in [5.74, 6) is 0.204. The van der Waals surface area contributed by atoms with Crippen LogP contribution in [0.15, 0.2) is 63.2 Å². The quantitative estimate of drug-likeness (QED) is 0.382. The molecule has 0 fully saturated rings. The highest BCUT2D eigenvalue weighted by atomic mass is 32.2. The number of aromatic nitrogens is 2. The van der Waals surface area contributed by atoms with E-state index in [2.05, 4.69) is 15.3 Å². The van der Waals surface area contributed by atoms with Crippen molar-refractivity contribution < 1.29 is 22.4 Å². The molecule has 3 rings (SSSR count). The molecule has 29 heavy (non-hydrogen) atoms. The van der Waals surface area contributed by atoms with E-state index in [1.165, 1.54) is 24.1 Å². The second kappa shape index (κ2) is 9.36. The minimum Gasteiger partial charge on any atom is -0.463 e. The lowest BCUT2D eigenvalue weighted by Crippen LogP contribution is -2.13. The lowest BCUT2D eigenvalue weighted by Gasteiger charge is -2.10. The molecule has 2 aromatic heterocycles. The predicted molar refractivity (Wildman–Crippen MR) is 107 cm³/mol. The molecule has 152 valence electrons. The van der Waals surface area contributed by atoms with Gasteiger partial charge in [-0.2, -0.15) is 13.2 Å². The average Bonchev–Trinajstić information content (AvgIpc) is 3.22. The van der Waals surface area contributed by atoms with E-state index in [0.717, 1.165) is 22.7 Å². The lowest BCUT2D eigenvalue weighted by molar-refractivity contribution is -0.141. The Labute approximate surface area is 173 Å². The number of amides is 1. The van der Waals surface area contributed by atoms with Crippen LogP contribution in [0.2, 0.25) is 0 Å². The van der Waals surface area contributed by atoms with Crippen molar-refractivity contribution in [2.24, 2.45) is 0 Å². The summed E-state index contributed by atoms with van der Waals surface area (Å²) in [4.78, 5) is 20.8. The summed E-state index contributed by atoms with van der Waals surface area (Å²) in [7, 11) is 0. The number of benzene rings is 1. The van der Waals surface area contributed by atoms with E-state index in [9.17, 15) is 18.0 Å². The Morgan fingerprint density at radius 2 is 1.97 bits per heavy atom. The Balaban J connectivity index is 1.67. The Hall–Kier alpha value is -2.46. The SMILES string of the molecule is CSc1ccccc1NC(=O)CCSc1nc(-c2ccco2)cc(C(F)(F)F)n1. The Bertz CT molecular complexity index is 979. The van der Waals surface area contributed by atoms with Crippen LogP contribution in [0.25, 0.3) is 11.5 Å². The molecule has 1 N–H and O–H groups in total. The third-order valence-corrected chi connectivity index (χ3v) is 5.36. The van der Waals surface area contributed by atoms with Crippen LogP contribution in [-0.4, -0.2) is 27.9 Å². The van der Waals surface area contributed by atoms with Gasteiger partial charge in [0.05, 0.1) is 12.0 Å². The van der Waals surface area contributed by atoms with Crippen LogP contribution in [0.4, 0.5) is 18.9 Å². The van der Waals surface area contributed by atoms with Crippen LogP contribution in [0.5, 0.6) is 0 Å². The second-order valence-corrected chi connectivity index (χ2v) is 7.65. The van der Waals surface area contributed by atoms with E-state index in [1.54, 1.807) is 12.1 Å². The number of alkyl halides is 3. The van der Waals surface area contributed by atoms with Gasteiger partial charge in [-0.1, -0.05) is 23.9 Å². The number of hydrogen-bond donors (Lipinski definition) is 1. The summed E-state index contributed by atoms with van der Waals surface area (Å²) in [5, 5.41) is 2.74. The first-order valence-electron chi connectivity index (χ1n) is 8.42. The molecule has 3 aromatic rings. The van der Waals surface area contributed by atoms with Crippen molar-refractivity contribution in [3.63, 3.8) is 0 Å². The Morgan fingerprint density at radius 1 is 1.17 bits per heavy atom. The summed E-state index contributed by atoms with van der Waals surface area (Å²) in [6.45, 7) is 0. The third-order valence-electron chi connectivity index (χ3n) is 3.71. The fraction of sp³-hybridized carbons (Fsp3) is 0.211. The number of nitrogens with zero attached hydrogens (tertiary/aromatic N) is 2. The van der Waals surface area contributed by atoms with Crippen molar-refractivity contribution in [3.05, 3.63) is 54.4 Å². The van der Waals surface area contributed by atoms with Crippen LogP contribution < -0.4 is 5.32 Å². The molecule has 0 aliphatic heterocycles.